The first-order chi connectivity index (χ1) is 10.1. The van der Waals surface area contributed by atoms with Gasteiger partial charge < -0.3 is 10.1 Å². The molecule has 0 unspecified atom stereocenters. The number of anilines is 1. The highest BCUT2D eigenvalue weighted by molar-refractivity contribution is 14.1. The van der Waals surface area contributed by atoms with Crippen LogP contribution >= 0.6 is 22.6 Å². The second-order valence-electron chi connectivity index (χ2n) is 5.67. The van der Waals surface area contributed by atoms with Gasteiger partial charge in [-0.3, -0.25) is 0 Å². The summed E-state index contributed by atoms with van der Waals surface area (Å²) in [7, 11) is 0. The first kappa shape index (κ1) is 16.9. The van der Waals surface area contributed by atoms with Crippen molar-refractivity contribution >= 4 is 28.4 Å². The largest absolute Gasteiger partial charge is 0.369 e. The van der Waals surface area contributed by atoms with Crippen molar-refractivity contribution < 1.29 is 4.74 Å². The zero-order chi connectivity index (χ0) is 15.3. The van der Waals surface area contributed by atoms with Crippen LogP contribution in [0, 0.1) is 10.5 Å². The van der Waals surface area contributed by atoms with Gasteiger partial charge in [0.1, 0.15) is 11.4 Å². The highest BCUT2D eigenvalue weighted by Crippen LogP contribution is 2.38. The van der Waals surface area contributed by atoms with E-state index in [-0.39, 0.29) is 5.60 Å². The number of nitrogens with one attached hydrogen (secondary N) is 1. The molecule has 0 aromatic carbocycles. The fourth-order valence-corrected chi connectivity index (χ4v) is 3.49. The highest BCUT2D eigenvalue weighted by Gasteiger charge is 2.37. The molecule has 0 atom stereocenters. The monoisotopic (exact) mass is 403 g/mol. The Bertz CT molecular complexity index is 471. The average molecular weight is 403 g/mol. The Morgan fingerprint density at radius 2 is 1.81 bits per heavy atom. The predicted molar refractivity (Wildman–Crippen MR) is 94.7 cm³/mol. The summed E-state index contributed by atoms with van der Waals surface area (Å²) in [5.74, 6) is 1.82. The van der Waals surface area contributed by atoms with Crippen molar-refractivity contribution in [2.24, 2.45) is 0 Å². The minimum absolute atomic E-state index is 0.287. The summed E-state index contributed by atoms with van der Waals surface area (Å²) in [6.45, 7) is 7.80. The third kappa shape index (κ3) is 3.86. The third-order valence-corrected chi connectivity index (χ3v) is 5.39. The van der Waals surface area contributed by atoms with Gasteiger partial charge in [0.15, 0.2) is 5.82 Å². The van der Waals surface area contributed by atoms with E-state index in [4.69, 9.17) is 14.7 Å². The lowest BCUT2D eigenvalue weighted by molar-refractivity contribution is -0.0624. The minimum Gasteiger partial charge on any atom is -0.369 e. The quantitative estimate of drug-likeness (QED) is 0.585. The van der Waals surface area contributed by atoms with Gasteiger partial charge in [0, 0.05) is 13.2 Å². The molecule has 0 radical (unpaired) electrons. The molecule has 5 heteroatoms. The second-order valence-corrected chi connectivity index (χ2v) is 6.75. The Hall–Kier alpha value is -0.430. The molecule has 1 aromatic rings. The second kappa shape index (κ2) is 7.72. The molecular formula is C16H26IN3O. The number of aryl methyl sites for hydroxylation is 1. The summed E-state index contributed by atoms with van der Waals surface area (Å²) in [5, 5.41) is 3.36. The number of aromatic nitrogens is 2. The van der Waals surface area contributed by atoms with Crippen molar-refractivity contribution in [1.82, 2.24) is 9.97 Å². The van der Waals surface area contributed by atoms with Gasteiger partial charge in [0.25, 0.3) is 0 Å². The molecule has 1 N–H and O–H groups in total. The Labute approximate surface area is 141 Å². The summed E-state index contributed by atoms with van der Waals surface area (Å²) in [6, 6.07) is 0. The van der Waals surface area contributed by atoms with Gasteiger partial charge in [-0.05, 0) is 56.2 Å². The molecule has 1 aliphatic carbocycles. The van der Waals surface area contributed by atoms with Crippen LogP contribution in [0.25, 0.3) is 0 Å². The number of nitrogens with zero attached hydrogens (tertiary/aromatic N) is 2. The highest BCUT2D eigenvalue weighted by atomic mass is 127. The van der Waals surface area contributed by atoms with E-state index in [9.17, 15) is 0 Å². The first-order valence-electron chi connectivity index (χ1n) is 8.05. The smallest absolute Gasteiger partial charge is 0.162 e. The van der Waals surface area contributed by atoms with Gasteiger partial charge in [0.05, 0.1) is 9.26 Å². The average Bonchev–Trinajstić information content (AvgIpc) is 2.71. The van der Waals surface area contributed by atoms with E-state index in [1.807, 2.05) is 0 Å². The maximum atomic E-state index is 6.21. The summed E-state index contributed by atoms with van der Waals surface area (Å²) in [6.07, 6.45) is 7.05. The van der Waals surface area contributed by atoms with E-state index in [2.05, 4.69) is 48.7 Å². The van der Waals surface area contributed by atoms with Crippen molar-refractivity contribution in [1.29, 1.82) is 0 Å². The molecule has 0 aliphatic heterocycles. The van der Waals surface area contributed by atoms with E-state index in [1.165, 1.54) is 25.7 Å². The van der Waals surface area contributed by atoms with Crippen molar-refractivity contribution in [3.8, 4) is 0 Å². The Balaban J connectivity index is 2.43. The first-order valence-corrected chi connectivity index (χ1v) is 9.13. The third-order valence-electron chi connectivity index (χ3n) is 4.10. The fourth-order valence-electron chi connectivity index (χ4n) is 3.06. The van der Waals surface area contributed by atoms with Crippen LogP contribution in [-0.4, -0.2) is 23.1 Å². The molecule has 0 bridgehead atoms. The maximum Gasteiger partial charge on any atom is 0.162 e. The number of halogens is 1. The molecule has 4 nitrogen and oxygen atoms in total. The standard InChI is InChI=1S/C16H26IN3O/c1-4-18-14-13(17)12(3)19-15(20-14)16(21-5-2)10-8-6-7-9-11-16/h4-11H2,1-3H3,(H,18,19,20). The van der Waals surface area contributed by atoms with Gasteiger partial charge in [0.2, 0.25) is 0 Å². The number of hydrogen-bond acceptors (Lipinski definition) is 4. The lowest BCUT2D eigenvalue weighted by atomic mass is 9.93. The fraction of sp³-hybridized carbons (Fsp3) is 0.750. The van der Waals surface area contributed by atoms with Gasteiger partial charge >= 0.3 is 0 Å². The lowest BCUT2D eigenvalue weighted by Crippen LogP contribution is -2.32. The summed E-state index contributed by atoms with van der Waals surface area (Å²) < 4.78 is 7.32. The van der Waals surface area contributed by atoms with Crippen LogP contribution in [0.15, 0.2) is 0 Å². The van der Waals surface area contributed by atoms with Gasteiger partial charge in [-0.25, -0.2) is 9.97 Å². The molecule has 1 aliphatic rings. The normalized spacial score (nSPS) is 18.3. The van der Waals surface area contributed by atoms with E-state index in [0.717, 1.165) is 40.3 Å². The molecule has 1 aromatic heterocycles. The molecular weight excluding hydrogens is 377 g/mol. The van der Waals surface area contributed by atoms with Crippen molar-refractivity contribution in [3.05, 3.63) is 15.1 Å². The van der Waals surface area contributed by atoms with Crippen LogP contribution in [0.3, 0.4) is 0 Å². The van der Waals surface area contributed by atoms with Crippen LogP contribution in [0.5, 0.6) is 0 Å². The summed E-state index contributed by atoms with van der Waals surface area (Å²) >= 11 is 2.32. The van der Waals surface area contributed by atoms with Crippen LogP contribution in [0.2, 0.25) is 0 Å². The Kier molecular flexibility index (Phi) is 6.22. The molecule has 0 saturated heterocycles. The molecule has 1 fully saturated rings. The minimum atomic E-state index is -0.287. The van der Waals surface area contributed by atoms with Gasteiger partial charge in [-0.2, -0.15) is 0 Å². The van der Waals surface area contributed by atoms with Crippen LogP contribution in [0.4, 0.5) is 5.82 Å². The van der Waals surface area contributed by atoms with E-state index < -0.39 is 0 Å². The molecule has 21 heavy (non-hydrogen) atoms. The zero-order valence-corrected chi connectivity index (χ0v) is 15.5. The Morgan fingerprint density at radius 1 is 1.14 bits per heavy atom. The molecule has 2 rings (SSSR count). The summed E-state index contributed by atoms with van der Waals surface area (Å²) in [5.41, 5.74) is 0.754. The molecule has 1 saturated carbocycles. The van der Waals surface area contributed by atoms with Crippen LogP contribution < -0.4 is 5.32 Å². The van der Waals surface area contributed by atoms with Crippen LogP contribution in [0.1, 0.15) is 63.9 Å². The number of hydrogen-bond donors (Lipinski definition) is 1. The van der Waals surface area contributed by atoms with Gasteiger partial charge in [-0.15, -0.1) is 0 Å². The SMILES string of the molecule is CCNc1nc(C2(OCC)CCCCCC2)nc(C)c1I. The Morgan fingerprint density at radius 3 is 2.38 bits per heavy atom. The number of rotatable bonds is 5. The van der Waals surface area contributed by atoms with E-state index in [0.29, 0.717) is 6.61 Å². The van der Waals surface area contributed by atoms with Gasteiger partial charge in [-0.1, -0.05) is 25.7 Å². The van der Waals surface area contributed by atoms with E-state index in [1.54, 1.807) is 0 Å². The van der Waals surface area contributed by atoms with Crippen molar-refractivity contribution in [3.63, 3.8) is 0 Å². The summed E-state index contributed by atoms with van der Waals surface area (Å²) in [4.78, 5) is 9.61. The van der Waals surface area contributed by atoms with Crippen molar-refractivity contribution in [2.45, 2.75) is 64.9 Å². The van der Waals surface area contributed by atoms with Crippen LogP contribution in [-0.2, 0) is 10.3 Å². The molecule has 0 amide bonds. The molecule has 1 heterocycles. The molecule has 118 valence electrons. The van der Waals surface area contributed by atoms with Crippen molar-refractivity contribution in [2.75, 3.05) is 18.5 Å². The topological polar surface area (TPSA) is 47.0 Å². The predicted octanol–water partition coefficient (Wildman–Crippen LogP) is 4.41. The maximum absolute atomic E-state index is 6.21. The lowest BCUT2D eigenvalue weighted by Gasteiger charge is -2.31. The zero-order valence-electron chi connectivity index (χ0n) is 13.3. The molecule has 0 spiro atoms. The van der Waals surface area contributed by atoms with E-state index >= 15 is 0 Å². The number of ether oxygens (including phenoxy) is 1.